The van der Waals surface area contributed by atoms with Crippen LogP contribution in [0, 0.1) is 5.41 Å². The summed E-state index contributed by atoms with van der Waals surface area (Å²) in [6.45, 7) is 3.46. The summed E-state index contributed by atoms with van der Waals surface area (Å²) < 4.78 is 0. The lowest BCUT2D eigenvalue weighted by Gasteiger charge is -1.86. The van der Waals surface area contributed by atoms with Gasteiger partial charge in [0.25, 0.3) is 5.91 Å². The van der Waals surface area contributed by atoms with Gasteiger partial charge in [0.05, 0.1) is 0 Å². The molecule has 3 N–H and O–H groups in total. The van der Waals surface area contributed by atoms with Crippen molar-refractivity contribution in [3.05, 3.63) is 24.8 Å². The molecule has 0 unspecified atom stereocenters. The minimum atomic E-state index is -0.708. The molecule has 10 heavy (non-hydrogen) atoms. The third-order valence-electron chi connectivity index (χ3n) is 0.853. The van der Waals surface area contributed by atoms with Crippen LogP contribution in [-0.2, 0) is 4.79 Å². The molecule has 0 saturated heterocycles. The van der Waals surface area contributed by atoms with Crippen molar-refractivity contribution >= 4 is 11.6 Å². The average Bonchev–Trinajstić information content (AvgIpc) is 1.88. The molecule has 1 amide bonds. The molecule has 0 aromatic rings. The Labute approximate surface area is 59.7 Å². The van der Waals surface area contributed by atoms with Crippen molar-refractivity contribution in [3.8, 4) is 0 Å². The van der Waals surface area contributed by atoms with Crippen molar-refractivity contribution < 1.29 is 4.79 Å². The van der Waals surface area contributed by atoms with Crippen molar-refractivity contribution in [2.24, 2.45) is 5.73 Å². The first-order chi connectivity index (χ1) is 4.68. The zero-order chi connectivity index (χ0) is 7.98. The fourth-order valence-electron chi connectivity index (χ4n) is 0.364. The number of rotatable bonds is 4. The molecule has 0 rings (SSSR count). The summed E-state index contributed by atoms with van der Waals surface area (Å²) in [6.07, 6.45) is 5.34. The molecule has 0 heterocycles. The Morgan fingerprint density at radius 1 is 1.70 bits per heavy atom. The van der Waals surface area contributed by atoms with Crippen LogP contribution >= 0.6 is 0 Å². The first-order valence-corrected chi connectivity index (χ1v) is 2.84. The first kappa shape index (κ1) is 8.62. The Balaban J connectivity index is 3.78. The number of nitrogens with two attached hydrogens (primary N) is 1. The molecule has 3 nitrogen and oxygen atoms in total. The molecule has 0 bridgehead atoms. The molecule has 0 saturated carbocycles. The number of hydrogen-bond donors (Lipinski definition) is 2. The fraction of sp³-hybridized carbons (Fsp3) is 0.143. The molecular formula is C7H10N2O. The Morgan fingerprint density at radius 3 is 2.70 bits per heavy atom. The van der Waals surface area contributed by atoms with Crippen LogP contribution in [0.3, 0.4) is 0 Å². The van der Waals surface area contributed by atoms with Crippen molar-refractivity contribution in [2.45, 2.75) is 6.42 Å². The van der Waals surface area contributed by atoms with E-state index in [2.05, 4.69) is 6.58 Å². The van der Waals surface area contributed by atoms with Gasteiger partial charge in [0.1, 0.15) is 5.71 Å². The summed E-state index contributed by atoms with van der Waals surface area (Å²) in [5.41, 5.74) is 4.60. The van der Waals surface area contributed by atoms with E-state index in [1.165, 1.54) is 6.08 Å². The van der Waals surface area contributed by atoms with E-state index in [0.29, 0.717) is 6.42 Å². The fourth-order valence-corrected chi connectivity index (χ4v) is 0.364. The third-order valence-corrected chi connectivity index (χ3v) is 0.853. The summed E-state index contributed by atoms with van der Waals surface area (Å²) in [4.78, 5) is 10.2. The molecule has 0 aromatic carbocycles. The highest BCUT2D eigenvalue weighted by Crippen LogP contribution is 1.83. The van der Waals surface area contributed by atoms with Crippen LogP contribution in [-0.4, -0.2) is 11.6 Å². The zero-order valence-corrected chi connectivity index (χ0v) is 5.63. The summed E-state index contributed by atoms with van der Waals surface area (Å²) in [7, 11) is 0. The van der Waals surface area contributed by atoms with E-state index in [4.69, 9.17) is 11.1 Å². The molecule has 0 aliphatic carbocycles. The first-order valence-electron chi connectivity index (χ1n) is 2.84. The van der Waals surface area contributed by atoms with E-state index < -0.39 is 5.91 Å². The highest BCUT2D eigenvalue weighted by Gasteiger charge is 1.95. The lowest BCUT2D eigenvalue weighted by Crippen LogP contribution is -2.19. The Morgan fingerprint density at radius 2 is 2.30 bits per heavy atom. The second-order valence-corrected chi connectivity index (χ2v) is 1.70. The number of nitrogens with one attached hydrogen (secondary N) is 1. The molecule has 3 heteroatoms. The maximum absolute atomic E-state index is 10.2. The van der Waals surface area contributed by atoms with E-state index in [1.54, 1.807) is 12.2 Å². The van der Waals surface area contributed by atoms with Crippen LogP contribution < -0.4 is 5.73 Å². The maximum Gasteiger partial charge on any atom is 0.266 e. The van der Waals surface area contributed by atoms with E-state index in [0.717, 1.165) is 0 Å². The number of amides is 1. The van der Waals surface area contributed by atoms with Crippen LogP contribution in [0.15, 0.2) is 24.8 Å². The molecule has 0 atom stereocenters. The van der Waals surface area contributed by atoms with Crippen LogP contribution in [0.2, 0.25) is 0 Å². The minimum Gasteiger partial charge on any atom is -0.364 e. The second-order valence-electron chi connectivity index (χ2n) is 1.70. The normalized spacial score (nSPS) is 9.60. The van der Waals surface area contributed by atoms with Gasteiger partial charge in [-0.05, 0) is 12.5 Å². The second kappa shape index (κ2) is 4.49. The van der Waals surface area contributed by atoms with E-state index >= 15 is 0 Å². The van der Waals surface area contributed by atoms with Gasteiger partial charge in [-0.25, -0.2) is 0 Å². The lowest BCUT2D eigenvalue weighted by molar-refractivity contribution is -0.111. The largest absolute Gasteiger partial charge is 0.364 e. The van der Waals surface area contributed by atoms with Gasteiger partial charge in [-0.2, -0.15) is 0 Å². The Bertz CT molecular complexity index is 182. The highest BCUT2D eigenvalue weighted by atomic mass is 16.1. The monoisotopic (exact) mass is 138 g/mol. The zero-order valence-electron chi connectivity index (χ0n) is 5.63. The van der Waals surface area contributed by atoms with Crippen LogP contribution in [0.5, 0.6) is 0 Å². The number of carbonyl (C=O) groups excluding carboxylic acids is 1. The summed E-state index contributed by atoms with van der Waals surface area (Å²) >= 11 is 0. The predicted octanol–water partition coefficient (Wildman–Crippen LogP) is 0.624. The maximum atomic E-state index is 10.2. The Kier molecular flexibility index (Phi) is 3.87. The average molecular weight is 138 g/mol. The number of carbonyl (C=O) groups is 1. The van der Waals surface area contributed by atoms with Crippen molar-refractivity contribution in [1.82, 2.24) is 0 Å². The van der Waals surface area contributed by atoms with Gasteiger partial charge in [0.15, 0.2) is 0 Å². The highest BCUT2D eigenvalue weighted by molar-refractivity contribution is 6.41. The standard InChI is InChI=1S/C7H10N2O/c1-2-3-4-5-6(8)7(9)10/h2,4-5,8H,1,3H2,(H2,9,10). The third kappa shape index (κ3) is 3.60. The van der Waals surface area contributed by atoms with Gasteiger partial charge in [-0.1, -0.05) is 12.2 Å². The van der Waals surface area contributed by atoms with E-state index in [-0.39, 0.29) is 5.71 Å². The Hall–Kier alpha value is -1.38. The van der Waals surface area contributed by atoms with Gasteiger partial charge in [-0.15, -0.1) is 6.58 Å². The molecule has 0 fully saturated rings. The van der Waals surface area contributed by atoms with Gasteiger partial charge < -0.3 is 5.73 Å². The molecular weight excluding hydrogens is 128 g/mol. The minimum absolute atomic E-state index is 0.179. The van der Waals surface area contributed by atoms with Crippen LogP contribution in [0.25, 0.3) is 0 Å². The van der Waals surface area contributed by atoms with Crippen molar-refractivity contribution in [1.29, 1.82) is 5.41 Å². The van der Waals surface area contributed by atoms with Crippen LogP contribution in [0.1, 0.15) is 6.42 Å². The van der Waals surface area contributed by atoms with Gasteiger partial charge in [0.2, 0.25) is 0 Å². The van der Waals surface area contributed by atoms with E-state index in [9.17, 15) is 4.79 Å². The lowest BCUT2D eigenvalue weighted by atomic mass is 10.3. The topological polar surface area (TPSA) is 66.9 Å². The predicted molar refractivity (Wildman–Crippen MR) is 40.9 cm³/mol. The van der Waals surface area contributed by atoms with E-state index in [1.807, 2.05) is 0 Å². The molecule has 0 aliphatic rings. The van der Waals surface area contributed by atoms with Gasteiger partial charge in [0, 0.05) is 0 Å². The molecule has 0 spiro atoms. The quantitative estimate of drug-likeness (QED) is 0.434. The smallest absolute Gasteiger partial charge is 0.266 e. The summed E-state index contributed by atoms with van der Waals surface area (Å²) in [6, 6.07) is 0. The molecule has 0 aliphatic heterocycles. The molecule has 0 radical (unpaired) electrons. The number of primary amides is 1. The SMILES string of the molecule is C=CCC=CC(=N)C(N)=O. The summed E-state index contributed by atoms with van der Waals surface area (Å²) in [5, 5.41) is 6.93. The van der Waals surface area contributed by atoms with Gasteiger partial charge >= 0.3 is 0 Å². The van der Waals surface area contributed by atoms with Gasteiger partial charge in [-0.3, -0.25) is 10.2 Å². The number of hydrogen-bond acceptors (Lipinski definition) is 2. The van der Waals surface area contributed by atoms with Crippen molar-refractivity contribution in [2.75, 3.05) is 0 Å². The molecule has 0 aromatic heterocycles. The van der Waals surface area contributed by atoms with Crippen LogP contribution in [0.4, 0.5) is 0 Å². The van der Waals surface area contributed by atoms with Crippen molar-refractivity contribution in [3.63, 3.8) is 0 Å². The molecule has 54 valence electrons. The summed E-state index contributed by atoms with van der Waals surface area (Å²) in [5.74, 6) is -0.708. The number of allylic oxidation sites excluding steroid dienone is 2.